The molecule has 0 N–H and O–H groups in total. The molecule has 0 atom stereocenters. The summed E-state index contributed by atoms with van der Waals surface area (Å²) in [6, 6.07) is 18.4. The highest BCUT2D eigenvalue weighted by Crippen LogP contribution is 2.32. The van der Waals surface area contributed by atoms with E-state index in [1.807, 2.05) is 37.3 Å². The number of Topliss-reactive ketones (excluding diaryl/α,β-unsaturated/α-hetero) is 1. The van der Waals surface area contributed by atoms with Crippen molar-refractivity contribution in [1.29, 1.82) is 0 Å². The van der Waals surface area contributed by atoms with Crippen molar-refractivity contribution in [2.45, 2.75) is 38.3 Å². The van der Waals surface area contributed by atoms with Gasteiger partial charge in [0.2, 0.25) is 0 Å². The molecule has 0 aliphatic heterocycles. The van der Waals surface area contributed by atoms with Crippen molar-refractivity contribution >= 4 is 40.0 Å². The Hall–Kier alpha value is -3.09. The summed E-state index contributed by atoms with van der Waals surface area (Å²) in [5.74, 6) is 0.545. The van der Waals surface area contributed by atoms with Gasteiger partial charge in [0.05, 0.1) is 29.5 Å². The number of ketones is 1. The number of nitrogens with zero attached hydrogens (tertiary/aromatic N) is 2. The highest BCUT2D eigenvalue weighted by atomic mass is 35.5. The van der Waals surface area contributed by atoms with E-state index < -0.39 is 0 Å². The lowest BCUT2D eigenvalue weighted by Gasteiger charge is -2.19. The molecule has 0 saturated heterocycles. The van der Waals surface area contributed by atoms with Gasteiger partial charge >= 0.3 is 0 Å². The predicted octanol–water partition coefficient (Wildman–Crippen LogP) is 6.63. The number of rotatable bonds is 6. The average molecular weight is 507 g/mol. The zero-order valence-electron chi connectivity index (χ0n) is 20.4. The second-order valence-electron chi connectivity index (χ2n) is 9.36. The number of halogens is 1. The van der Waals surface area contributed by atoms with E-state index in [0.29, 0.717) is 38.1 Å². The smallest absolute Gasteiger partial charge is 0.266 e. The summed E-state index contributed by atoms with van der Waals surface area (Å²) in [7, 11) is 1.53. The summed E-state index contributed by atoms with van der Waals surface area (Å²) in [5, 5.41) is 1.43. The Kier molecular flexibility index (Phi) is 7.06. The molecule has 0 aliphatic carbocycles. The highest BCUT2D eigenvalue weighted by Gasteiger charge is 2.20. The van der Waals surface area contributed by atoms with E-state index in [2.05, 4.69) is 20.8 Å². The van der Waals surface area contributed by atoms with E-state index in [9.17, 15) is 9.59 Å². The first-order chi connectivity index (χ1) is 16.6. The van der Waals surface area contributed by atoms with Crippen molar-refractivity contribution < 1.29 is 9.53 Å². The van der Waals surface area contributed by atoms with Crippen molar-refractivity contribution in [3.05, 3.63) is 92.7 Å². The maximum absolute atomic E-state index is 13.6. The van der Waals surface area contributed by atoms with Crippen LogP contribution in [0.4, 0.5) is 0 Å². The molecule has 0 bridgehead atoms. The Morgan fingerprint density at radius 1 is 1.09 bits per heavy atom. The lowest BCUT2D eigenvalue weighted by Crippen LogP contribution is -2.23. The summed E-state index contributed by atoms with van der Waals surface area (Å²) in [6.07, 6.45) is 0. The van der Waals surface area contributed by atoms with Crippen LogP contribution in [0.1, 0.15) is 42.3 Å². The topological polar surface area (TPSA) is 61.2 Å². The van der Waals surface area contributed by atoms with E-state index in [-0.39, 0.29) is 22.5 Å². The van der Waals surface area contributed by atoms with Gasteiger partial charge in [0.25, 0.3) is 5.56 Å². The Morgan fingerprint density at radius 3 is 2.43 bits per heavy atom. The maximum Gasteiger partial charge on any atom is 0.266 e. The number of thioether (sulfide) groups is 1. The molecule has 1 aromatic heterocycles. The van der Waals surface area contributed by atoms with Crippen LogP contribution in [0.5, 0.6) is 5.75 Å². The predicted molar refractivity (Wildman–Crippen MR) is 144 cm³/mol. The van der Waals surface area contributed by atoms with Gasteiger partial charge in [-0.3, -0.25) is 14.2 Å². The fourth-order valence-electron chi connectivity index (χ4n) is 3.78. The molecule has 0 saturated carbocycles. The number of hydrogen-bond donors (Lipinski definition) is 0. The van der Waals surface area contributed by atoms with Crippen LogP contribution in [0.15, 0.2) is 70.6 Å². The van der Waals surface area contributed by atoms with Crippen LogP contribution in [0.2, 0.25) is 5.02 Å². The second-order valence-corrected chi connectivity index (χ2v) is 10.7. The number of fused-ring (bicyclic) bond motifs is 1. The number of hydrogen-bond acceptors (Lipinski definition) is 5. The third-order valence-electron chi connectivity index (χ3n) is 5.85. The van der Waals surface area contributed by atoms with Crippen molar-refractivity contribution in [3.8, 4) is 11.4 Å². The first kappa shape index (κ1) is 25.0. The SMILES string of the molecule is COc1cc(Cl)c(C)cc1-n1c(SCC(=O)c2ccc(C(C)(C)C)cc2)nc2ccccc2c1=O. The van der Waals surface area contributed by atoms with Gasteiger partial charge in [-0.05, 0) is 41.7 Å². The molecule has 0 radical (unpaired) electrons. The second kappa shape index (κ2) is 9.88. The number of para-hydroxylation sites is 1. The van der Waals surface area contributed by atoms with E-state index in [0.717, 1.165) is 11.1 Å². The molecule has 0 amide bonds. The van der Waals surface area contributed by atoms with Gasteiger partial charge in [0.15, 0.2) is 10.9 Å². The molecule has 0 fully saturated rings. The van der Waals surface area contributed by atoms with Crippen LogP contribution in [-0.2, 0) is 5.41 Å². The first-order valence-electron chi connectivity index (χ1n) is 11.2. The molecule has 180 valence electrons. The Labute approximate surface area is 214 Å². The zero-order valence-corrected chi connectivity index (χ0v) is 22.0. The Bertz CT molecular complexity index is 1470. The van der Waals surface area contributed by atoms with Crippen LogP contribution < -0.4 is 10.3 Å². The number of aromatic nitrogens is 2. The van der Waals surface area contributed by atoms with Crippen molar-refractivity contribution in [2.75, 3.05) is 12.9 Å². The molecule has 0 unspecified atom stereocenters. The molecular formula is C28H27ClN2O3S. The standard InChI is InChI=1S/C28H27ClN2O3S/c1-17-14-23(25(34-5)15-21(17)29)31-26(33)20-8-6-7-9-22(20)30-27(31)35-16-24(32)18-10-12-19(13-11-18)28(2,3)4/h6-15H,16H2,1-5H3. The maximum atomic E-state index is 13.6. The number of benzene rings is 3. The minimum atomic E-state index is -0.236. The molecule has 35 heavy (non-hydrogen) atoms. The first-order valence-corrected chi connectivity index (χ1v) is 12.6. The molecule has 0 aliphatic rings. The minimum Gasteiger partial charge on any atom is -0.495 e. The van der Waals surface area contributed by atoms with Crippen LogP contribution in [0.25, 0.3) is 16.6 Å². The molecule has 1 heterocycles. The van der Waals surface area contributed by atoms with Crippen LogP contribution >= 0.6 is 23.4 Å². The molecule has 3 aromatic carbocycles. The third kappa shape index (κ3) is 5.14. The average Bonchev–Trinajstić information content (AvgIpc) is 2.84. The van der Waals surface area contributed by atoms with Crippen molar-refractivity contribution in [3.63, 3.8) is 0 Å². The lowest BCUT2D eigenvalue weighted by molar-refractivity contribution is 0.102. The normalized spacial score (nSPS) is 11.6. The number of aryl methyl sites for hydroxylation is 1. The molecule has 4 rings (SSSR count). The van der Waals surface area contributed by atoms with Gasteiger partial charge in [0, 0.05) is 16.7 Å². The number of ether oxygens (including phenoxy) is 1. The summed E-state index contributed by atoms with van der Waals surface area (Å²) >= 11 is 7.53. The van der Waals surface area contributed by atoms with Crippen LogP contribution in [0.3, 0.4) is 0 Å². The van der Waals surface area contributed by atoms with E-state index in [1.165, 1.54) is 23.4 Å². The summed E-state index contributed by atoms with van der Waals surface area (Å²) < 4.78 is 7.05. The van der Waals surface area contributed by atoms with Crippen LogP contribution in [0, 0.1) is 6.92 Å². The van der Waals surface area contributed by atoms with Gasteiger partial charge in [-0.25, -0.2) is 4.98 Å². The zero-order chi connectivity index (χ0) is 25.3. The highest BCUT2D eigenvalue weighted by molar-refractivity contribution is 7.99. The number of methoxy groups -OCH3 is 1. The summed E-state index contributed by atoms with van der Waals surface area (Å²) in [4.78, 5) is 31.4. The lowest BCUT2D eigenvalue weighted by atomic mass is 9.86. The Morgan fingerprint density at radius 2 is 1.77 bits per heavy atom. The molecule has 0 spiro atoms. The van der Waals surface area contributed by atoms with Crippen molar-refractivity contribution in [2.24, 2.45) is 0 Å². The number of carbonyl (C=O) groups is 1. The fourth-order valence-corrected chi connectivity index (χ4v) is 4.83. The Balaban J connectivity index is 1.76. The molecule has 5 nitrogen and oxygen atoms in total. The van der Waals surface area contributed by atoms with E-state index >= 15 is 0 Å². The van der Waals surface area contributed by atoms with Gasteiger partial charge in [-0.1, -0.05) is 80.5 Å². The number of carbonyl (C=O) groups excluding carboxylic acids is 1. The van der Waals surface area contributed by atoms with Gasteiger partial charge in [0.1, 0.15) is 5.75 Å². The minimum absolute atomic E-state index is 0.0111. The van der Waals surface area contributed by atoms with Gasteiger partial charge in [-0.2, -0.15) is 0 Å². The molecule has 4 aromatic rings. The third-order valence-corrected chi connectivity index (χ3v) is 7.20. The monoisotopic (exact) mass is 506 g/mol. The summed E-state index contributed by atoms with van der Waals surface area (Å²) in [6.45, 7) is 8.27. The molecular weight excluding hydrogens is 480 g/mol. The summed E-state index contributed by atoms with van der Waals surface area (Å²) in [5.41, 5.74) is 3.47. The molecule has 7 heteroatoms. The van der Waals surface area contributed by atoms with Gasteiger partial charge < -0.3 is 4.74 Å². The quantitative estimate of drug-likeness (QED) is 0.167. The van der Waals surface area contributed by atoms with Gasteiger partial charge in [-0.15, -0.1) is 0 Å². The van der Waals surface area contributed by atoms with E-state index in [1.54, 1.807) is 30.3 Å². The fraction of sp³-hybridized carbons (Fsp3) is 0.250. The van der Waals surface area contributed by atoms with E-state index in [4.69, 9.17) is 21.3 Å². The van der Waals surface area contributed by atoms with Crippen molar-refractivity contribution in [1.82, 2.24) is 9.55 Å². The largest absolute Gasteiger partial charge is 0.495 e. The van der Waals surface area contributed by atoms with Crippen LogP contribution in [-0.4, -0.2) is 28.2 Å².